The van der Waals surface area contributed by atoms with Gasteiger partial charge in [0, 0.05) is 19.0 Å². The molecule has 0 saturated carbocycles. The summed E-state index contributed by atoms with van der Waals surface area (Å²) in [7, 11) is 0. The molecule has 0 N–H and O–H groups in total. The number of fused-ring (bicyclic) bond motifs is 1. The van der Waals surface area contributed by atoms with Crippen LogP contribution in [0.5, 0.6) is 0 Å². The third-order valence-electron chi connectivity index (χ3n) is 6.00. The van der Waals surface area contributed by atoms with Gasteiger partial charge in [0.25, 0.3) is 5.56 Å². The summed E-state index contributed by atoms with van der Waals surface area (Å²) in [5, 5.41) is 4.55. The van der Waals surface area contributed by atoms with Gasteiger partial charge in [-0.25, -0.2) is 14.1 Å². The van der Waals surface area contributed by atoms with Gasteiger partial charge in [-0.2, -0.15) is 5.10 Å². The lowest BCUT2D eigenvalue weighted by Crippen LogP contribution is -2.31. The largest absolute Gasteiger partial charge is 0.379 e. The molecule has 4 aromatic rings. The predicted molar refractivity (Wildman–Crippen MR) is 116 cm³/mol. The van der Waals surface area contributed by atoms with Crippen molar-refractivity contribution in [3.63, 3.8) is 0 Å². The van der Waals surface area contributed by atoms with Gasteiger partial charge in [0.2, 0.25) is 0 Å². The van der Waals surface area contributed by atoms with E-state index < -0.39 is 5.82 Å². The van der Waals surface area contributed by atoms with E-state index >= 15 is 4.39 Å². The minimum absolute atomic E-state index is 0.0548. The summed E-state index contributed by atoms with van der Waals surface area (Å²) < 4.78 is 24.0. The summed E-state index contributed by atoms with van der Waals surface area (Å²) >= 11 is 0. The third-order valence-corrected chi connectivity index (χ3v) is 6.00. The lowest BCUT2D eigenvalue weighted by Gasteiger charge is -2.24. The van der Waals surface area contributed by atoms with Gasteiger partial charge in [-0.1, -0.05) is 12.1 Å². The van der Waals surface area contributed by atoms with Crippen LogP contribution in [0.2, 0.25) is 0 Å². The first-order valence-corrected chi connectivity index (χ1v) is 10.5. The van der Waals surface area contributed by atoms with Crippen LogP contribution in [0.1, 0.15) is 35.6 Å². The van der Waals surface area contributed by atoms with Crippen molar-refractivity contribution < 1.29 is 9.13 Å². The van der Waals surface area contributed by atoms with E-state index in [4.69, 9.17) is 4.74 Å². The predicted octanol–water partition coefficient (Wildman–Crippen LogP) is 3.97. The molecule has 1 atom stereocenters. The van der Waals surface area contributed by atoms with E-state index in [0.717, 1.165) is 29.7 Å². The molecule has 0 spiro atoms. The Morgan fingerprint density at radius 3 is 2.81 bits per heavy atom. The fourth-order valence-corrected chi connectivity index (χ4v) is 4.18. The lowest BCUT2D eigenvalue weighted by atomic mass is 9.97. The summed E-state index contributed by atoms with van der Waals surface area (Å²) in [4.78, 5) is 17.5. The molecule has 5 rings (SSSR count). The molecular weight excluding hydrogens is 395 g/mol. The maximum absolute atomic E-state index is 15.1. The number of aromatic nitrogens is 4. The fraction of sp³-hybridized carbons (Fsp3) is 0.292. The Hall–Kier alpha value is -3.32. The topological polar surface area (TPSA) is 61.9 Å². The summed E-state index contributed by atoms with van der Waals surface area (Å²) in [5.74, 6) is -0.426. The molecule has 0 radical (unpaired) electrons. The van der Waals surface area contributed by atoms with E-state index in [-0.39, 0.29) is 17.1 Å². The van der Waals surface area contributed by atoms with Crippen LogP contribution in [0.3, 0.4) is 0 Å². The highest BCUT2D eigenvalue weighted by atomic mass is 19.1. The van der Waals surface area contributed by atoms with Crippen LogP contribution in [-0.2, 0) is 11.2 Å². The first-order chi connectivity index (χ1) is 15.1. The number of ether oxygens (including phenoxy) is 1. The van der Waals surface area contributed by atoms with Crippen molar-refractivity contribution in [3.8, 4) is 5.69 Å². The lowest BCUT2D eigenvalue weighted by molar-refractivity contribution is 0.0578. The second kappa shape index (κ2) is 8.07. The zero-order chi connectivity index (χ0) is 21.4. The van der Waals surface area contributed by atoms with Crippen LogP contribution < -0.4 is 5.56 Å². The average molecular weight is 418 g/mol. The van der Waals surface area contributed by atoms with Gasteiger partial charge in [0.15, 0.2) is 5.82 Å². The first kappa shape index (κ1) is 19.6. The van der Waals surface area contributed by atoms with Gasteiger partial charge < -0.3 is 4.74 Å². The van der Waals surface area contributed by atoms with Crippen LogP contribution in [0, 0.1) is 12.7 Å². The van der Waals surface area contributed by atoms with E-state index in [0.29, 0.717) is 30.6 Å². The molecule has 0 bridgehead atoms. The minimum Gasteiger partial charge on any atom is -0.379 e. The SMILES string of the molecule is Cc1c(Cc2ccc(-n3cccn3)cc2)cc2c(=O)n(C3CCCOC3)cnc2c1F. The Kier molecular flexibility index (Phi) is 5.11. The van der Waals surface area contributed by atoms with Gasteiger partial charge in [0.1, 0.15) is 5.52 Å². The molecule has 2 aromatic heterocycles. The van der Waals surface area contributed by atoms with Crippen molar-refractivity contribution in [1.29, 1.82) is 0 Å². The highest BCUT2D eigenvalue weighted by Crippen LogP contribution is 2.25. The van der Waals surface area contributed by atoms with E-state index in [1.807, 2.05) is 36.5 Å². The van der Waals surface area contributed by atoms with Gasteiger partial charge in [0.05, 0.1) is 30.0 Å². The van der Waals surface area contributed by atoms with Crippen molar-refractivity contribution in [2.75, 3.05) is 13.2 Å². The van der Waals surface area contributed by atoms with Crippen molar-refractivity contribution in [2.24, 2.45) is 0 Å². The molecule has 1 aliphatic rings. The number of hydrogen-bond acceptors (Lipinski definition) is 4. The van der Waals surface area contributed by atoms with Gasteiger partial charge >= 0.3 is 0 Å². The van der Waals surface area contributed by atoms with Crippen LogP contribution >= 0.6 is 0 Å². The second-order valence-electron chi connectivity index (χ2n) is 7.99. The maximum Gasteiger partial charge on any atom is 0.261 e. The zero-order valence-electron chi connectivity index (χ0n) is 17.3. The van der Waals surface area contributed by atoms with Crippen LogP contribution in [-0.4, -0.2) is 32.5 Å². The normalized spacial score (nSPS) is 16.6. The molecule has 158 valence electrons. The minimum atomic E-state index is -0.426. The number of hydrogen-bond donors (Lipinski definition) is 0. The van der Waals surface area contributed by atoms with E-state index in [1.165, 1.54) is 6.33 Å². The molecule has 3 heterocycles. The van der Waals surface area contributed by atoms with Gasteiger partial charge in [-0.3, -0.25) is 9.36 Å². The monoisotopic (exact) mass is 418 g/mol. The van der Waals surface area contributed by atoms with E-state index in [2.05, 4.69) is 10.1 Å². The molecule has 6 nitrogen and oxygen atoms in total. The first-order valence-electron chi connectivity index (χ1n) is 10.5. The van der Waals surface area contributed by atoms with Gasteiger partial charge in [-0.15, -0.1) is 0 Å². The van der Waals surface area contributed by atoms with Crippen LogP contribution in [0.4, 0.5) is 4.39 Å². The molecule has 0 aliphatic carbocycles. The van der Waals surface area contributed by atoms with Crippen molar-refractivity contribution in [1.82, 2.24) is 19.3 Å². The summed E-state index contributed by atoms with van der Waals surface area (Å²) in [6.45, 7) is 2.94. The Bertz CT molecular complexity index is 1270. The molecule has 31 heavy (non-hydrogen) atoms. The number of benzene rings is 2. The van der Waals surface area contributed by atoms with Crippen LogP contribution in [0.25, 0.3) is 16.6 Å². The number of halogens is 1. The highest BCUT2D eigenvalue weighted by molar-refractivity contribution is 5.80. The molecule has 7 heteroatoms. The summed E-state index contributed by atoms with van der Waals surface area (Å²) in [6.07, 6.45) is 7.36. The molecule has 0 amide bonds. The Morgan fingerprint density at radius 1 is 1.26 bits per heavy atom. The molecular formula is C24H23FN4O2. The maximum atomic E-state index is 15.1. The average Bonchev–Trinajstić information content (AvgIpc) is 3.34. The quantitative estimate of drug-likeness (QED) is 0.503. The standard InChI is InChI=1S/C24H23FN4O2/c1-16-18(12-17-5-7-19(8-6-17)29-10-3-9-27-29)13-21-23(22(16)25)26-15-28(24(21)30)20-4-2-11-31-14-20/h3,5-10,13,15,20H,2,4,11-12,14H2,1H3. The number of nitrogens with zero attached hydrogens (tertiary/aromatic N) is 4. The third kappa shape index (κ3) is 3.65. The van der Waals surface area contributed by atoms with E-state index in [1.54, 1.807) is 28.4 Å². The van der Waals surface area contributed by atoms with Crippen molar-refractivity contribution in [3.05, 3.63) is 88.0 Å². The van der Waals surface area contributed by atoms with Crippen molar-refractivity contribution >= 4 is 10.9 Å². The summed E-state index contributed by atoms with van der Waals surface area (Å²) in [6, 6.07) is 11.6. The second-order valence-corrected chi connectivity index (χ2v) is 7.99. The Labute approximate surface area is 178 Å². The van der Waals surface area contributed by atoms with Crippen molar-refractivity contribution in [2.45, 2.75) is 32.2 Å². The number of rotatable bonds is 4. The Balaban J connectivity index is 1.51. The van der Waals surface area contributed by atoms with Crippen LogP contribution in [0.15, 0.2) is 59.9 Å². The summed E-state index contributed by atoms with van der Waals surface area (Å²) in [5.41, 5.74) is 3.21. The van der Waals surface area contributed by atoms with E-state index in [9.17, 15) is 4.79 Å². The van der Waals surface area contributed by atoms with Gasteiger partial charge in [-0.05, 0) is 67.1 Å². The molecule has 1 aliphatic heterocycles. The fourth-order valence-electron chi connectivity index (χ4n) is 4.18. The zero-order valence-corrected chi connectivity index (χ0v) is 17.3. The molecule has 2 aromatic carbocycles. The molecule has 1 saturated heterocycles. The molecule has 1 fully saturated rings. The molecule has 1 unspecified atom stereocenters. The Morgan fingerprint density at radius 2 is 2.10 bits per heavy atom. The smallest absolute Gasteiger partial charge is 0.261 e. The highest BCUT2D eigenvalue weighted by Gasteiger charge is 2.20.